The van der Waals surface area contributed by atoms with E-state index in [2.05, 4.69) is 10.3 Å². The van der Waals surface area contributed by atoms with Crippen LogP contribution in [0.5, 0.6) is 0 Å². The minimum Gasteiger partial charge on any atom is -0.373 e. The number of carbonyl (C=O) groups is 1. The predicted octanol–water partition coefficient (Wildman–Crippen LogP) is 3.58. The third-order valence-electron chi connectivity index (χ3n) is 3.00. The summed E-state index contributed by atoms with van der Waals surface area (Å²) in [6.45, 7) is 2.25. The molecule has 2 rings (SSSR count). The first kappa shape index (κ1) is 15.3. The third kappa shape index (κ3) is 3.31. The van der Waals surface area contributed by atoms with E-state index in [9.17, 15) is 9.18 Å². The Morgan fingerprint density at radius 3 is 2.52 bits per heavy atom. The maximum atomic E-state index is 13.0. The van der Waals surface area contributed by atoms with E-state index in [1.807, 2.05) is 6.92 Å². The summed E-state index contributed by atoms with van der Waals surface area (Å²) in [7, 11) is 1.71. The summed E-state index contributed by atoms with van der Waals surface area (Å²) < 4.78 is 13.0. The van der Waals surface area contributed by atoms with Gasteiger partial charge in [0.1, 0.15) is 17.3 Å². The fraction of sp³-hybridized carbons (Fsp3) is 0.200. The number of hydrogen-bond donors (Lipinski definition) is 1. The first-order valence-electron chi connectivity index (χ1n) is 6.48. The van der Waals surface area contributed by atoms with E-state index in [0.29, 0.717) is 18.1 Å². The molecule has 0 spiro atoms. The van der Waals surface area contributed by atoms with Crippen molar-refractivity contribution in [2.75, 3.05) is 23.8 Å². The fourth-order valence-corrected chi connectivity index (χ4v) is 2.11. The van der Waals surface area contributed by atoms with E-state index in [4.69, 9.17) is 11.6 Å². The van der Waals surface area contributed by atoms with Crippen LogP contribution in [0.2, 0.25) is 5.02 Å². The lowest BCUT2D eigenvalue weighted by atomic mass is 10.2. The second-order valence-electron chi connectivity index (χ2n) is 4.30. The van der Waals surface area contributed by atoms with Crippen LogP contribution in [0, 0.1) is 5.82 Å². The number of nitrogens with one attached hydrogen (secondary N) is 1. The maximum Gasteiger partial charge on any atom is 0.278 e. The molecule has 0 aliphatic heterocycles. The maximum absolute atomic E-state index is 13.0. The Kier molecular flexibility index (Phi) is 4.75. The third-order valence-corrected chi connectivity index (χ3v) is 3.31. The van der Waals surface area contributed by atoms with Gasteiger partial charge in [0.2, 0.25) is 0 Å². The summed E-state index contributed by atoms with van der Waals surface area (Å²) in [4.78, 5) is 18.3. The number of halogens is 2. The lowest BCUT2D eigenvalue weighted by molar-refractivity contribution is 0.0984. The van der Waals surface area contributed by atoms with Gasteiger partial charge in [0.15, 0.2) is 0 Å². The van der Waals surface area contributed by atoms with Gasteiger partial charge in [-0.05, 0) is 43.3 Å². The van der Waals surface area contributed by atoms with E-state index < -0.39 is 0 Å². The van der Waals surface area contributed by atoms with E-state index in [-0.39, 0.29) is 22.4 Å². The number of pyridine rings is 1. The SMILES string of the molecule is CCN(C(=O)c1nc(NC)ccc1Cl)c1ccc(F)cc1. The van der Waals surface area contributed by atoms with Crippen LogP contribution in [-0.4, -0.2) is 24.5 Å². The lowest BCUT2D eigenvalue weighted by Crippen LogP contribution is -2.31. The molecular weight excluding hydrogens is 293 g/mol. The zero-order valence-electron chi connectivity index (χ0n) is 11.7. The van der Waals surface area contributed by atoms with Gasteiger partial charge < -0.3 is 10.2 Å². The molecule has 0 aliphatic rings. The smallest absolute Gasteiger partial charge is 0.278 e. The largest absolute Gasteiger partial charge is 0.373 e. The van der Waals surface area contributed by atoms with Gasteiger partial charge in [0.25, 0.3) is 5.91 Å². The molecule has 0 unspecified atom stereocenters. The average Bonchev–Trinajstić information content (AvgIpc) is 2.50. The topological polar surface area (TPSA) is 45.2 Å². The lowest BCUT2D eigenvalue weighted by Gasteiger charge is -2.21. The van der Waals surface area contributed by atoms with Crippen LogP contribution < -0.4 is 10.2 Å². The highest BCUT2D eigenvalue weighted by molar-refractivity contribution is 6.34. The molecule has 0 radical (unpaired) electrons. The molecule has 1 amide bonds. The van der Waals surface area contributed by atoms with Crippen LogP contribution in [0.4, 0.5) is 15.9 Å². The molecule has 1 N–H and O–H groups in total. The molecule has 1 heterocycles. The van der Waals surface area contributed by atoms with Crippen LogP contribution in [0.25, 0.3) is 0 Å². The Bertz CT molecular complexity index is 646. The fourth-order valence-electron chi connectivity index (χ4n) is 1.92. The number of carbonyl (C=O) groups excluding carboxylic acids is 1. The second kappa shape index (κ2) is 6.54. The molecule has 4 nitrogen and oxygen atoms in total. The number of rotatable bonds is 4. The van der Waals surface area contributed by atoms with Gasteiger partial charge in [0, 0.05) is 19.3 Å². The highest BCUT2D eigenvalue weighted by Gasteiger charge is 2.20. The number of nitrogens with zero attached hydrogens (tertiary/aromatic N) is 2. The van der Waals surface area contributed by atoms with Gasteiger partial charge >= 0.3 is 0 Å². The van der Waals surface area contributed by atoms with Crippen LogP contribution in [-0.2, 0) is 0 Å². The molecule has 21 heavy (non-hydrogen) atoms. The van der Waals surface area contributed by atoms with Crippen LogP contribution in [0.3, 0.4) is 0 Å². The molecule has 1 aromatic heterocycles. The summed E-state index contributed by atoms with van der Waals surface area (Å²) in [6, 6.07) is 9.02. The Morgan fingerprint density at radius 2 is 1.95 bits per heavy atom. The predicted molar refractivity (Wildman–Crippen MR) is 82.5 cm³/mol. The molecular formula is C15H15ClFN3O. The Morgan fingerprint density at radius 1 is 1.29 bits per heavy atom. The van der Waals surface area contributed by atoms with E-state index in [1.165, 1.54) is 17.0 Å². The van der Waals surface area contributed by atoms with Gasteiger partial charge in [-0.25, -0.2) is 9.37 Å². The molecule has 0 saturated carbocycles. The monoisotopic (exact) mass is 307 g/mol. The van der Waals surface area contributed by atoms with Crippen molar-refractivity contribution < 1.29 is 9.18 Å². The molecule has 1 aromatic carbocycles. The van der Waals surface area contributed by atoms with Crippen LogP contribution in [0.15, 0.2) is 36.4 Å². The Labute approximate surface area is 127 Å². The van der Waals surface area contributed by atoms with Crippen molar-refractivity contribution in [3.8, 4) is 0 Å². The highest BCUT2D eigenvalue weighted by Crippen LogP contribution is 2.22. The van der Waals surface area contributed by atoms with Gasteiger partial charge in [-0.15, -0.1) is 0 Å². The molecule has 0 bridgehead atoms. The number of benzene rings is 1. The summed E-state index contributed by atoms with van der Waals surface area (Å²) in [5.41, 5.74) is 0.756. The van der Waals surface area contributed by atoms with E-state index in [1.54, 1.807) is 31.3 Å². The Balaban J connectivity index is 2.38. The Hall–Kier alpha value is -2.14. The summed E-state index contributed by atoms with van der Waals surface area (Å²) in [6.07, 6.45) is 0. The summed E-state index contributed by atoms with van der Waals surface area (Å²) in [5, 5.41) is 3.14. The molecule has 6 heteroatoms. The minimum absolute atomic E-state index is 0.162. The van der Waals surface area contributed by atoms with Gasteiger partial charge in [-0.1, -0.05) is 11.6 Å². The minimum atomic E-state index is -0.351. The number of amides is 1. The molecule has 0 aliphatic carbocycles. The molecule has 0 fully saturated rings. The quantitative estimate of drug-likeness (QED) is 0.939. The summed E-state index contributed by atoms with van der Waals surface area (Å²) >= 11 is 6.06. The zero-order chi connectivity index (χ0) is 15.4. The van der Waals surface area contributed by atoms with E-state index >= 15 is 0 Å². The second-order valence-corrected chi connectivity index (χ2v) is 4.71. The van der Waals surface area contributed by atoms with Crippen molar-refractivity contribution in [3.05, 3.63) is 52.9 Å². The van der Waals surface area contributed by atoms with Crippen molar-refractivity contribution in [2.45, 2.75) is 6.92 Å². The molecule has 0 atom stereocenters. The van der Waals surface area contributed by atoms with Gasteiger partial charge in [-0.2, -0.15) is 0 Å². The van der Waals surface area contributed by atoms with Crippen LogP contribution >= 0.6 is 11.6 Å². The normalized spacial score (nSPS) is 10.3. The van der Waals surface area contributed by atoms with Gasteiger partial charge in [-0.3, -0.25) is 4.79 Å². The first-order chi connectivity index (χ1) is 10.1. The zero-order valence-corrected chi connectivity index (χ0v) is 12.5. The van der Waals surface area contributed by atoms with Crippen molar-refractivity contribution in [2.24, 2.45) is 0 Å². The van der Waals surface area contributed by atoms with E-state index in [0.717, 1.165) is 0 Å². The average molecular weight is 308 g/mol. The molecule has 110 valence electrons. The highest BCUT2D eigenvalue weighted by atomic mass is 35.5. The summed E-state index contributed by atoms with van der Waals surface area (Å²) in [5.74, 6) is -0.125. The van der Waals surface area contributed by atoms with Crippen molar-refractivity contribution in [3.63, 3.8) is 0 Å². The van der Waals surface area contributed by atoms with Gasteiger partial charge in [0.05, 0.1) is 5.02 Å². The standard InChI is InChI=1S/C15H15ClFN3O/c1-3-20(11-6-4-10(17)5-7-11)15(21)14-12(16)8-9-13(18-2)19-14/h4-9H,3H2,1-2H3,(H,18,19). The first-order valence-corrected chi connectivity index (χ1v) is 6.86. The number of anilines is 2. The van der Waals surface area contributed by atoms with Crippen molar-refractivity contribution in [1.82, 2.24) is 4.98 Å². The molecule has 2 aromatic rings. The van der Waals surface area contributed by atoms with Crippen molar-refractivity contribution >= 4 is 29.0 Å². The molecule has 0 saturated heterocycles. The number of hydrogen-bond acceptors (Lipinski definition) is 3. The van der Waals surface area contributed by atoms with Crippen LogP contribution in [0.1, 0.15) is 17.4 Å². The van der Waals surface area contributed by atoms with Crippen molar-refractivity contribution in [1.29, 1.82) is 0 Å². The number of aromatic nitrogens is 1.